The van der Waals surface area contributed by atoms with Crippen molar-refractivity contribution in [2.24, 2.45) is 5.92 Å². The summed E-state index contributed by atoms with van der Waals surface area (Å²) in [6.45, 7) is 3.18. The van der Waals surface area contributed by atoms with Crippen LogP contribution in [-0.2, 0) is 13.0 Å². The fourth-order valence-electron chi connectivity index (χ4n) is 3.36. The molecule has 0 aliphatic carbocycles. The summed E-state index contributed by atoms with van der Waals surface area (Å²) in [6.07, 6.45) is 7.51. The van der Waals surface area contributed by atoms with E-state index >= 15 is 0 Å². The number of benzene rings is 1. The highest BCUT2D eigenvalue weighted by atomic mass is 32.1. The lowest BCUT2D eigenvalue weighted by atomic mass is 9.95. The van der Waals surface area contributed by atoms with Gasteiger partial charge in [0, 0.05) is 31.1 Å². The zero-order valence-electron chi connectivity index (χ0n) is 13.1. The van der Waals surface area contributed by atoms with Crippen molar-refractivity contribution in [3.8, 4) is 0 Å². The van der Waals surface area contributed by atoms with Crippen molar-refractivity contribution in [2.45, 2.75) is 25.8 Å². The van der Waals surface area contributed by atoms with Crippen molar-refractivity contribution < 1.29 is 0 Å². The van der Waals surface area contributed by atoms with Gasteiger partial charge in [-0.15, -0.1) is 11.3 Å². The SMILES string of the molecule is c1ccc2nc(CN3CCC[C@H](Cc4nccs4)C3)cnc2c1. The molecular formula is C18H20N4S. The summed E-state index contributed by atoms with van der Waals surface area (Å²) in [5, 5.41) is 3.34. The van der Waals surface area contributed by atoms with Gasteiger partial charge in [-0.05, 0) is 37.4 Å². The molecule has 1 atom stereocenters. The summed E-state index contributed by atoms with van der Waals surface area (Å²) in [5.41, 5.74) is 3.02. The molecule has 1 aliphatic heterocycles. The van der Waals surface area contributed by atoms with Crippen molar-refractivity contribution in [1.82, 2.24) is 19.9 Å². The molecule has 0 unspecified atom stereocenters. The van der Waals surface area contributed by atoms with Gasteiger partial charge in [0.05, 0.1) is 27.9 Å². The van der Waals surface area contributed by atoms with Crippen molar-refractivity contribution in [3.63, 3.8) is 0 Å². The van der Waals surface area contributed by atoms with E-state index in [2.05, 4.69) is 20.2 Å². The van der Waals surface area contributed by atoms with E-state index in [4.69, 9.17) is 4.98 Å². The van der Waals surface area contributed by atoms with Gasteiger partial charge in [0.15, 0.2) is 0 Å². The summed E-state index contributed by atoms with van der Waals surface area (Å²) in [5.74, 6) is 0.711. The lowest BCUT2D eigenvalue weighted by molar-refractivity contribution is 0.165. The van der Waals surface area contributed by atoms with Crippen LogP contribution in [-0.4, -0.2) is 32.9 Å². The molecule has 0 radical (unpaired) electrons. The van der Waals surface area contributed by atoms with Crippen molar-refractivity contribution in [3.05, 3.63) is 52.7 Å². The van der Waals surface area contributed by atoms with E-state index in [-0.39, 0.29) is 0 Å². The Hall–Kier alpha value is -1.85. The number of nitrogens with zero attached hydrogens (tertiary/aromatic N) is 4. The lowest BCUT2D eigenvalue weighted by Crippen LogP contribution is -2.36. The number of aromatic nitrogens is 3. The van der Waals surface area contributed by atoms with E-state index in [1.807, 2.05) is 36.7 Å². The highest BCUT2D eigenvalue weighted by Crippen LogP contribution is 2.23. The van der Waals surface area contributed by atoms with Gasteiger partial charge in [-0.1, -0.05) is 12.1 Å². The smallest absolute Gasteiger partial charge is 0.0928 e. The van der Waals surface area contributed by atoms with Gasteiger partial charge in [-0.25, -0.2) is 9.97 Å². The van der Waals surface area contributed by atoms with Gasteiger partial charge < -0.3 is 0 Å². The van der Waals surface area contributed by atoms with E-state index in [0.29, 0.717) is 5.92 Å². The van der Waals surface area contributed by atoms with Crippen LogP contribution in [0, 0.1) is 5.92 Å². The molecule has 3 aromatic rings. The first-order chi connectivity index (χ1) is 11.4. The summed E-state index contributed by atoms with van der Waals surface area (Å²) >= 11 is 1.77. The molecule has 1 aliphatic rings. The molecule has 118 valence electrons. The predicted octanol–water partition coefficient (Wildman–Crippen LogP) is 3.54. The minimum Gasteiger partial charge on any atom is -0.297 e. The van der Waals surface area contributed by atoms with Crippen LogP contribution < -0.4 is 0 Å². The predicted molar refractivity (Wildman–Crippen MR) is 93.4 cm³/mol. The highest BCUT2D eigenvalue weighted by molar-refractivity contribution is 7.09. The van der Waals surface area contributed by atoms with Crippen LogP contribution in [0.3, 0.4) is 0 Å². The van der Waals surface area contributed by atoms with Crippen molar-refractivity contribution in [2.75, 3.05) is 13.1 Å². The Balaban J connectivity index is 1.42. The highest BCUT2D eigenvalue weighted by Gasteiger charge is 2.21. The second kappa shape index (κ2) is 6.72. The maximum Gasteiger partial charge on any atom is 0.0928 e. The summed E-state index contributed by atoms with van der Waals surface area (Å²) in [4.78, 5) is 16.2. The third kappa shape index (κ3) is 3.57. The Morgan fingerprint density at radius 2 is 2.09 bits per heavy atom. The molecule has 1 fully saturated rings. The van der Waals surface area contributed by atoms with Crippen molar-refractivity contribution in [1.29, 1.82) is 0 Å². The van der Waals surface area contributed by atoms with Gasteiger partial charge >= 0.3 is 0 Å². The number of thiazole rings is 1. The number of hydrogen-bond acceptors (Lipinski definition) is 5. The Labute approximate surface area is 140 Å². The Morgan fingerprint density at radius 3 is 2.96 bits per heavy atom. The molecule has 5 heteroatoms. The average molecular weight is 324 g/mol. The standard InChI is InChI=1S/C18H20N4S/c1-2-6-17-16(5-1)20-11-15(21-17)13-22-8-3-4-14(12-22)10-18-19-7-9-23-18/h1-2,5-7,9,11,14H,3-4,8,10,12-13H2/t14-/m1/s1. The molecule has 1 aromatic carbocycles. The number of likely N-dealkylation sites (tertiary alicyclic amines) is 1. The first kappa shape index (κ1) is 14.7. The van der Waals surface area contributed by atoms with Gasteiger partial charge in [-0.3, -0.25) is 9.88 Å². The minimum atomic E-state index is 0.711. The zero-order chi connectivity index (χ0) is 15.5. The van der Waals surface area contributed by atoms with Crippen molar-refractivity contribution >= 4 is 22.4 Å². The fourth-order valence-corrected chi connectivity index (χ4v) is 4.10. The quantitative estimate of drug-likeness (QED) is 0.736. The molecule has 0 spiro atoms. The molecule has 3 heterocycles. The maximum absolute atomic E-state index is 4.76. The third-order valence-electron chi connectivity index (χ3n) is 4.43. The Bertz CT molecular complexity index is 772. The zero-order valence-corrected chi connectivity index (χ0v) is 13.9. The molecule has 0 N–H and O–H groups in total. The first-order valence-electron chi connectivity index (χ1n) is 8.18. The molecule has 4 rings (SSSR count). The van der Waals surface area contributed by atoms with Crippen LogP contribution in [0.25, 0.3) is 11.0 Å². The maximum atomic E-state index is 4.76. The molecule has 0 bridgehead atoms. The largest absolute Gasteiger partial charge is 0.297 e. The van der Waals surface area contributed by atoms with Crippen LogP contribution in [0.5, 0.6) is 0 Å². The Kier molecular flexibility index (Phi) is 4.30. The van der Waals surface area contributed by atoms with E-state index in [1.165, 1.54) is 17.8 Å². The van der Waals surface area contributed by atoms with Gasteiger partial charge in [0.2, 0.25) is 0 Å². The first-order valence-corrected chi connectivity index (χ1v) is 9.06. The minimum absolute atomic E-state index is 0.711. The van der Waals surface area contributed by atoms with E-state index in [9.17, 15) is 0 Å². The number of fused-ring (bicyclic) bond motifs is 1. The molecule has 2 aromatic heterocycles. The van der Waals surface area contributed by atoms with Crippen LogP contribution in [0.1, 0.15) is 23.5 Å². The van der Waals surface area contributed by atoms with Crippen LogP contribution in [0.2, 0.25) is 0 Å². The fraction of sp³-hybridized carbons (Fsp3) is 0.389. The number of rotatable bonds is 4. The number of para-hydroxylation sites is 2. The molecule has 1 saturated heterocycles. The molecule has 0 amide bonds. The summed E-state index contributed by atoms with van der Waals surface area (Å²) in [6, 6.07) is 8.07. The average Bonchev–Trinajstić information content (AvgIpc) is 3.08. The second-order valence-electron chi connectivity index (χ2n) is 6.22. The number of hydrogen-bond donors (Lipinski definition) is 0. The van der Waals surface area contributed by atoms with Gasteiger partial charge in [0.25, 0.3) is 0 Å². The Morgan fingerprint density at radius 1 is 1.17 bits per heavy atom. The normalized spacial score (nSPS) is 19.2. The summed E-state index contributed by atoms with van der Waals surface area (Å²) in [7, 11) is 0. The van der Waals surface area contributed by atoms with Crippen LogP contribution in [0.4, 0.5) is 0 Å². The molecule has 0 saturated carbocycles. The second-order valence-corrected chi connectivity index (χ2v) is 7.20. The molecule has 4 nitrogen and oxygen atoms in total. The number of piperidine rings is 1. The lowest BCUT2D eigenvalue weighted by Gasteiger charge is -2.32. The van der Waals surface area contributed by atoms with E-state index < -0.39 is 0 Å². The third-order valence-corrected chi connectivity index (χ3v) is 5.24. The molecular weight excluding hydrogens is 304 g/mol. The van der Waals surface area contributed by atoms with E-state index in [0.717, 1.165) is 42.8 Å². The summed E-state index contributed by atoms with van der Waals surface area (Å²) < 4.78 is 0. The van der Waals surface area contributed by atoms with Gasteiger partial charge in [-0.2, -0.15) is 0 Å². The van der Waals surface area contributed by atoms with E-state index in [1.54, 1.807) is 11.3 Å². The topological polar surface area (TPSA) is 41.9 Å². The monoisotopic (exact) mass is 324 g/mol. The van der Waals surface area contributed by atoms with Crippen LogP contribution >= 0.6 is 11.3 Å². The van der Waals surface area contributed by atoms with Gasteiger partial charge in [0.1, 0.15) is 0 Å². The molecule has 23 heavy (non-hydrogen) atoms. The van der Waals surface area contributed by atoms with Crippen LogP contribution in [0.15, 0.2) is 42.0 Å².